The maximum Gasteiger partial charge on any atom is 0.235 e. The van der Waals surface area contributed by atoms with E-state index in [0.29, 0.717) is 0 Å². The van der Waals surface area contributed by atoms with Crippen molar-refractivity contribution in [1.82, 2.24) is 5.32 Å². The first-order chi connectivity index (χ1) is 9.65. The number of hydrogen-bond acceptors (Lipinski definition) is 5. The minimum absolute atomic E-state index is 0.100. The summed E-state index contributed by atoms with van der Waals surface area (Å²) in [6, 6.07) is 3.66. The molecule has 5 nitrogen and oxygen atoms in total. The van der Waals surface area contributed by atoms with E-state index in [9.17, 15) is 13.2 Å². The van der Waals surface area contributed by atoms with E-state index < -0.39 is 21.5 Å². The lowest BCUT2D eigenvalue weighted by molar-refractivity contribution is -0.120. The van der Waals surface area contributed by atoms with Gasteiger partial charge < -0.3 is 10.1 Å². The molecule has 0 aromatic carbocycles. The van der Waals surface area contributed by atoms with Crippen molar-refractivity contribution in [3.63, 3.8) is 0 Å². The van der Waals surface area contributed by atoms with Crippen molar-refractivity contribution in [1.29, 1.82) is 0 Å². The quantitative estimate of drug-likeness (QED) is 0.828. The summed E-state index contributed by atoms with van der Waals surface area (Å²) >= 11 is 1.55. The number of hydrogen-bond donors (Lipinski definition) is 1. The fourth-order valence-electron chi connectivity index (χ4n) is 1.85. The topological polar surface area (TPSA) is 72.5 Å². The number of rotatable bonds is 7. The van der Waals surface area contributed by atoms with E-state index in [2.05, 4.69) is 5.32 Å². The molecule has 1 aromatic heterocycles. The highest BCUT2D eigenvalue weighted by atomic mass is 32.2. The highest BCUT2D eigenvalue weighted by Gasteiger charge is 2.29. The molecule has 0 saturated carbocycles. The van der Waals surface area contributed by atoms with Crippen LogP contribution in [0.3, 0.4) is 0 Å². The van der Waals surface area contributed by atoms with Crippen molar-refractivity contribution in [3.05, 3.63) is 22.4 Å². The van der Waals surface area contributed by atoms with Gasteiger partial charge in [0.25, 0.3) is 0 Å². The number of methoxy groups -OCH3 is 1. The third kappa shape index (κ3) is 6.15. The molecule has 0 fully saturated rings. The molecule has 0 bridgehead atoms. The van der Waals surface area contributed by atoms with Gasteiger partial charge in [-0.3, -0.25) is 4.79 Å². The maximum absolute atomic E-state index is 12.0. The Morgan fingerprint density at radius 3 is 2.57 bits per heavy atom. The third-order valence-corrected chi connectivity index (χ3v) is 5.38. The third-order valence-electron chi connectivity index (χ3n) is 2.95. The molecule has 1 heterocycles. The van der Waals surface area contributed by atoms with Gasteiger partial charge in [0.2, 0.25) is 5.91 Å². The largest absolute Gasteiger partial charge is 0.384 e. The second kappa shape index (κ2) is 7.38. The van der Waals surface area contributed by atoms with Crippen LogP contribution in [-0.2, 0) is 19.4 Å². The van der Waals surface area contributed by atoms with E-state index in [1.54, 1.807) is 11.3 Å². The maximum atomic E-state index is 12.0. The van der Waals surface area contributed by atoms with Crippen molar-refractivity contribution >= 4 is 27.1 Å². The Morgan fingerprint density at radius 1 is 1.43 bits per heavy atom. The zero-order valence-electron chi connectivity index (χ0n) is 12.9. The zero-order chi connectivity index (χ0) is 16.1. The number of ether oxygens (including phenoxy) is 1. The molecule has 0 spiro atoms. The Labute approximate surface area is 130 Å². The number of sulfone groups is 1. The van der Waals surface area contributed by atoms with Crippen LogP contribution in [0.4, 0.5) is 0 Å². The summed E-state index contributed by atoms with van der Waals surface area (Å²) in [6.45, 7) is 6.13. The second-order valence-electron chi connectivity index (χ2n) is 5.97. The molecule has 1 aromatic rings. The molecule has 1 N–H and O–H groups in total. The lowest BCUT2D eigenvalue weighted by atomic mass is 9.86. The number of carbonyl (C=O) groups is 1. The summed E-state index contributed by atoms with van der Waals surface area (Å²) < 4.78 is 28.3. The lowest BCUT2D eigenvalue weighted by Crippen LogP contribution is -2.39. The molecule has 1 amide bonds. The van der Waals surface area contributed by atoms with Crippen molar-refractivity contribution in [2.45, 2.75) is 26.8 Å². The monoisotopic (exact) mass is 333 g/mol. The Bertz CT molecular complexity index is 544. The van der Waals surface area contributed by atoms with E-state index >= 15 is 0 Å². The van der Waals surface area contributed by atoms with Gasteiger partial charge in [0.15, 0.2) is 9.84 Å². The summed E-state index contributed by atoms with van der Waals surface area (Å²) in [4.78, 5) is 13.1. The van der Waals surface area contributed by atoms with Crippen molar-refractivity contribution < 1.29 is 17.9 Å². The standard InChI is InChI=1S/C14H23NO4S2/c1-14(2,3)13(11-6-5-8-20-11)15-12(16)10-21(17,18)9-7-19-4/h5-6,8,13H,7,9-10H2,1-4H3,(H,15,16)/t13-/m0/s1. The average molecular weight is 333 g/mol. The summed E-state index contributed by atoms with van der Waals surface area (Å²) in [5.41, 5.74) is -0.198. The van der Waals surface area contributed by atoms with Gasteiger partial charge >= 0.3 is 0 Å². The summed E-state index contributed by atoms with van der Waals surface area (Å²) in [5.74, 6) is -1.12. The van der Waals surface area contributed by atoms with E-state index in [-0.39, 0.29) is 23.8 Å². The SMILES string of the molecule is COCCS(=O)(=O)CC(=O)N[C@@H](c1cccs1)C(C)(C)C. The van der Waals surface area contributed by atoms with Gasteiger partial charge in [0, 0.05) is 12.0 Å². The molecule has 0 aliphatic rings. The van der Waals surface area contributed by atoms with Gasteiger partial charge in [-0.05, 0) is 16.9 Å². The normalized spacial score (nSPS) is 13.9. The predicted molar refractivity (Wildman–Crippen MR) is 85.2 cm³/mol. The average Bonchev–Trinajstić information content (AvgIpc) is 2.85. The van der Waals surface area contributed by atoms with Crippen LogP contribution in [0, 0.1) is 5.41 Å². The van der Waals surface area contributed by atoms with E-state index in [0.717, 1.165) is 4.88 Å². The van der Waals surface area contributed by atoms with Crippen LogP contribution in [0.5, 0.6) is 0 Å². The van der Waals surface area contributed by atoms with Crippen molar-refractivity contribution in [2.75, 3.05) is 25.2 Å². The second-order valence-corrected chi connectivity index (χ2v) is 9.13. The van der Waals surface area contributed by atoms with Gasteiger partial charge in [-0.15, -0.1) is 11.3 Å². The number of nitrogens with one attached hydrogen (secondary N) is 1. The van der Waals surface area contributed by atoms with Crippen LogP contribution in [0.2, 0.25) is 0 Å². The van der Waals surface area contributed by atoms with Crippen LogP contribution in [0.15, 0.2) is 17.5 Å². The summed E-state index contributed by atoms with van der Waals surface area (Å²) in [6.07, 6.45) is 0. The minimum Gasteiger partial charge on any atom is -0.384 e. The van der Waals surface area contributed by atoms with Crippen molar-refractivity contribution in [2.24, 2.45) is 5.41 Å². The van der Waals surface area contributed by atoms with Crippen molar-refractivity contribution in [3.8, 4) is 0 Å². The lowest BCUT2D eigenvalue weighted by Gasteiger charge is -2.30. The molecule has 21 heavy (non-hydrogen) atoms. The van der Waals surface area contributed by atoms with Crippen LogP contribution in [0.25, 0.3) is 0 Å². The Hall–Kier alpha value is -0.920. The first kappa shape index (κ1) is 18.1. The van der Waals surface area contributed by atoms with Crippen LogP contribution >= 0.6 is 11.3 Å². The van der Waals surface area contributed by atoms with E-state index in [4.69, 9.17) is 4.74 Å². The van der Waals surface area contributed by atoms with Crippen LogP contribution in [0.1, 0.15) is 31.7 Å². The minimum atomic E-state index is -3.44. The molecule has 1 atom stereocenters. The van der Waals surface area contributed by atoms with Gasteiger partial charge in [-0.1, -0.05) is 26.8 Å². The first-order valence-electron chi connectivity index (χ1n) is 6.68. The molecule has 0 aliphatic carbocycles. The molecular weight excluding hydrogens is 310 g/mol. The summed E-state index contributed by atoms with van der Waals surface area (Å²) in [5, 5.41) is 4.78. The molecule has 0 aliphatic heterocycles. The predicted octanol–water partition coefficient (Wildman–Crippen LogP) is 2.01. The molecule has 1 rings (SSSR count). The molecular formula is C14H23NO4S2. The fourth-order valence-corrected chi connectivity index (χ4v) is 3.92. The molecule has 120 valence electrons. The highest BCUT2D eigenvalue weighted by Crippen LogP contribution is 2.35. The van der Waals surface area contributed by atoms with Gasteiger partial charge in [0.05, 0.1) is 18.4 Å². The summed E-state index contributed by atoms with van der Waals surface area (Å²) in [7, 11) is -2.00. The van der Waals surface area contributed by atoms with Gasteiger partial charge in [0.1, 0.15) is 5.75 Å². The van der Waals surface area contributed by atoms with E-state index in [1.807, 2.05) is 38.3 Å². The van der Waals surface area contributed by atoms with Crippen LogP contribution in [-0.4, -0.2) is 39.5 Å². The first-order valence-corrected chi connectivity index (χ1v) is 9.38. The molecule has 0 saturated heterocycles. The fraction of sp³-hybridized carbons (Fsp3) is 0.643. The molecule has 0 unspecified atom stereocenters. The van der Waals surface area contributed by atoms with Gasteiger partial charge in [-0.2, -0.15) is 0 Å². The highest BCUT2D eigenvalue weighted by molar-refractivity contribution is 7.92. The number of amides is 1. The Balaban J connectivity index is 2.75. The Kier molecular flexibility index (Phi) is 6.37. The van der Waals surface area contributed by atoms with Crippen LogP contribution < -0.4 is 5.32 Å². The Morgan fingerprint density at radius 2 is 2.10 bits per heavy atom. The number of thiophene rings is 1. The van der Waals surface area contributed by atoms with Gasteiger partial charge in [-0.25, -0.2) is 8.42 Å². The smallest absolute Gasteiger partial charge is 0.235 e. The van der Waals surface area contributed by atoms with E-state index in [1.165, 1.54) is 7.11 Å². The molecule has 7 heteroatoms. The number of carbonyl (C=O) groups excluding carboxylic acids is 1. The molecule has 0 radical (unpaired) electrons. The zero-order valence-corrected chi connectivity index (χ0v) is 14.5.